The molecule has 9 heavy (non-hydrogen) atoms. The van der Waals surface area contributed by atoms with E-state index >= 15 is 0 Å². The third-order valence-corrected chi connectivity index (χ3v) is 1.12. The van der Waals surface area contributed by atoms with Crippen molar-refractivity contribution in [2.24, 2.45) is 5.73 Å². The zero-order valence-corrected chi connectivity index (χ0v) is 5.54. The summed E-state index contributed by atoms with van der Waals surface area (Å²) in [6.07, 6.45) is -0.653. The first-order valence-electron chi connectivity index (χ1n) is 2.91. The predicted octanol–water partition coefficient (Wildman–Crippen LogP) is -2.11. The fourth-order valence-corrected chi connectivity index (χ4v) is 0.482. The fourth-order valence-electron chi connectivity index (χ4n) is 0.482. The van der Waals surface area contributed by atoms with E-state index in [2.05, 4.69) is 5.32 Å². The van der Waals surface area contributed by atoms with Crippen LogP contribution in [0.4, 0.5) is 0 Å². The molecule has 0 aliphatic carbocycles. The number of hydrogen-bond acceptors (Lipinski definition) is 4. The Kier molecular flexibility index (Phi) is 4.61. The van der Waals surface area contributed by atoms with Crippen LogP contribution in [0.2, 0.25) is 0 Å². The summed E-state index contributed by atoms with van der Waals surface area (Å²) in [5, 5.41) is 20.1. The van der Waals surface area contributed by atoms with E-state index in [1.165, 1.54) is 0 Å². The molecule has 0 saturated heterocycles. The van der Waals surface area contributed by atoms with Crippen LogP contribution in [0, 0.1) is 0 Å². The molecule has 0 fully saturated rings. The average molecular weight is 134 g/mol. The Hall–Kier alpha value is -0.160. The standard InChI is InChI=1S/C5H14N2O2/c1-7-2-5(9)4(6)3-8/h4-5,7-9H,2-3,6H2,1H3. The number of nitrogens with one attached hydrogen (secondary N) is 1. The van der Waals surface area contributed by atoms with E-state index in [1.807, 2.05) is 0 Å². The Bertz CT molecular complexity index is 70.0. The van der Waals surface area contributed by atoms with Crippen molar-refractivity contribution in [3.8, 4) is 0 Å². The van der Waals surface area contributed by atoms with Crippen molar-refractivity contribution in [3.05, 3.63) is 0 Å². The van der Waals surface area contributed by atoms with Crippen molar-refractivity contribution in [2.45, 2.75) is 12.1 Å². The number of rotatable bonds is 4. The van der Waals surface area contributed by atoms with Gasteiger partial charge in [-0.2, -0.15) is 0 Å². The third kappa shape index (κ3) is 3.42. The molecule has 0 rings (SSSR count). The van der Waals surface area contributed by atoms with Crippen LogP contribution in [0.15, 0.2) is 0 Å². The molecule has 0 aromatic heterocycles. The van der Waals surface area contributed by atoms with Crippen molar-refractivity contribution in [1.29, 1.82) is 0 Å². The SMILES string of the molecule is CNCC(O)C(N)CO. The molecule has 0 radical (unpaired) electrons. The molecule has 0 aromatic carbocycles. The number of aliphatic hydroxyl groups excluding tert-OH is 2. The highest BCUT2D eigenvalue weighted by Crippen LogP contribution is 1.85. The highest BCUT2D eigenvalue weighted by molar-refractivity contribution is 4.71. The van der Waals surface area contributed by atoms with Gasteiger partial charge in [-0.3, -0.25) is 0 Å². The lowest BCUT2D eigenvalue weighted by atomic mass is 10.2. The minimum Gasteiger partial charge on any atom is -0.395 e. The highest BCUT2D eigenvalue weighted by Gasteiger charge is 2.10. The van der Waals surface area contributed by atoms with Crippen LogP contribution in [-0.4, -0.2) is 42.6 Å². The number of nitrogens with two attached hydrogens (primary N) is 1. The van der Waals surface area contributed by atoms with Crippen molar-refractivity contribution >= 4 is 0 Å². The van der Waals surface area contributed by atoms with Gasteiger partial charge in [0.2, 0.25) is 0 Å². The molecule has 56 valence electrons. The summed E-state index contributed by atoms with van der Waals surface area (Å²) in [6.45, 7) is 0.241. The Balaban J connectivity index is 3.32. The summed E-state index contributed by atoms with van der Waals surface area (Å²) in [4.78, 5) is 0. The van der Waals surface area contributed by atoms with E-state index in [4.69, 9.17) is 15.9 Å². The smallest absolute Gasteiger partial charge is 0.0837 e. The second kappa shape index (κ2) is 4.69. The molecule has 0 saturated carbocycles. The topological polar surface area (TPSA) is 78.5 Å². The van der Waals surface area contributed by atoms with E-state index < -0.39 is 12.1 Å². The van der Waals surface area contributed by atoms with Gasteiger partial charge < -0.3 is 21.3 Å². The number of likely N-dealkylation sites (N-methyl/N-ethyl adjacent to an activating group) is 1. The molecule has 0 aromatic rings. The zero-order chi connectivity index (χ0) is 7.28. The normalized spacial score (nSPS) is 17.3. The first kappa shape index (κ1) is 8.84. The monoisotopic (exact) mass is 134 g/mol. The van der Waals surface area contributed by atoms with Crippen molar-refractivity contribution in [1.82, 2.24) is 5.32 Å². The van der Waals surface area contributed by atoms with Gasteiger partial charge in [-0.15, -0.1) is 0 Å². The predicted molar refractivity (Wildman–Crippen MR) is 35.0 cm³/mol. The number of hydrogen-bond donors (Lipinski definition) is 4. The average Bonchev–Trinajstić information content (AvgIpc) is 1.87. The van der Waals surface area contributed by atoms with E-state index in [1.54, 1.807) is 7.05 Å². The van der Waals surface area contributed by atoms with E-state index in [0.29, 0.717) is 6.54 Å². The lowest BCUT2D eigenvalue weighted by Gasteiger charge is -2.14. The molecule has 2 unspecified atom stereocenters. The van der Waals surface area contributed by atoms with Crippen molar-refractivity contribution in [2.75, 3.05) is 20.2 Å². The maximum atomic E-state index is 8.97. The van der Waals surface area contributed by atoms with E-state index in [0.717, 1.165) is 0 Å². The zero-order valence-electron chi connectivity index (χ0n) is 5.54. The van der Waals surface area contributed by atoms with Gasteiger partial charge >= 0.3 is 0 Å². The molecule has 0 amide bonds. The maximum absolute atomic E-state index is 8.97. The van der Waals surface area contributed by atoms with Gasteiger partial charge in [0.25, 0.3) is 0 Å². The first-order valence-corrected chi connectivity index (χ1v) is 2.91. The van der Waals surface area contributed by atoms with Crippen LogP contribution in [0.5, 0.6) is 0 Å². The fraction of sp³-hybridized carbons (Fsp3) is 1.00. The second-order valence-corrected chi connectivity index (χ2v) is 1.97. The summed E-state index contributed by atoms with van der Waals surface area (Å²) >= 11 is 0. The maximum Gasteiger partial charge on any atom is 0.0837 e. The van der Waals surface area contributed by atoms with Gasteiger partial charge in [-0.25, -0.2) is 0 Å². The van der Waals surface area contributed by atoms with Gasteiger partial charge in [-0.1, -0.05) is 0 Å². The molecule has 0 aliphatic heterocycles. The molecule has 5 N–H and O–H groups in total. The van der Waals surface area contributed by atoms with Gasteiger partial charge in [0, 0.05) is 6.54 Å². The van der Waals surface area contributed by atoms with E-state index in [9.17, 15) is 0 Å². The van der Waals surface area contributed by atoms with Crippen LogP contribution < -0.4 is 11.1 Å². The minimum atomic E-state index is -0.653. The lowest BCUT2D eigenvalue weighted by molar-refractivity contribution is 0.109. The lowest BCUT2D eigenvalue weighted by Crippen LogP contribution is -2.43. The molecular weight excluding hydrogens is 120 g/mol. The number of aliphatic hydroxyl groups is 2. The van der Waals surface area contributed by atoms with Crippen LogP contribution in [-0.2, 0) is 0 Å². The molecule has 4 nitrogen and oxygen atoms in total. The molecule has 2 atom stereocenters. The minimum absolute atomic E-state index is 0.178. The second-order valence-electron chi connectivity index (χ2n) is 1.97. The molecule has 4 heteroatoms. The Labute approximate surface area is 54.7 Å². The third-order valence-electron chi connectivity index (χ3n) is 1.12. The van der Waals surface area contributed by atoms with Gasteiger partial charge in [0.1, 0.15) is 0 Å². The van der Waals surface area contributed by atoms with Gasteiger partial charge in [-0.05, 0) is 7.05 Å². The summed E-state index contributed by atoms with van der Waals surface area (Å²) in [5.74, 6) is 0. The van der Waals surface area contributed by atoms with Crippen LogP contribution in [0.1, 0.15) is 0 Å². The molecule has 0 aliphatic rings. The van der Waals surface area contributed by atoms with Gasteiger partial charge in [0.05, 0.1) is 18.8 Å². The Morgan fingerprint density at radius 3 is 2.56 bits per heavy atom. The van der Waals surface area contributed by atoms with Crippen LogP contribution in [0.25, 0.3) is 0 Å². The van der Waals surface area contributed by atoms with Crippen LogP contribution in [0.3, 0.4) is 0 Å². The molecular formula is C5H14N2O2. The summed E-state index contributed by atoms with van der Waals surface area (Å²) in [6, 6.07) is -0.530. The summed E-state index contributed by atoms with van der Waals surface area (Å²) in [7, 11) is 1.72. The highest BCUT2D eigenvalue weighted by atomic mass is 16.3. The summed E-state index contributed by atoms with van der Waals surface area (Å²) in [5.41, 5.74) is 5.26. The van der Waals surface area contributed by atoms with Crippen molar-refractivity contribution < 1.29 is 10.2 Å². The van der Waals surface area contributed by atoms with Crippen LogP contribution >= 0.6 is 0 Å². The summed E-state index contributed by atoms with van der Waals surface area (Å²) < 4.78 is 0. The van der Waals surface area contributed by atoms with Crippen molar-refractivity contribution in [3.63, 3.8) is 0 Å². The first-order chi connectivity index (χ1) is 4.22. The quantitative estimate of drug-likeness (QED) is 0.355. The molecule has 0 heterocycles. The Morgan fingerprint density at radius 2 is 2.22 bits per heavy atom. The molecule has 0 spiro atoms. The largest absolute Gasteiger partial charge is 0.395 e. The van der Waals surface area contributed by atoms with E-state index in [-0.39, 0.29) is 6.61 Å². The Morgan fingerprint density at radius 1 is 1.67 bits per heavy atom. The molecule has 0 bridgehead atoms. The van der Waals surface area contributed by atoms with Gasteiger partial charge in [0.15, 0.2) is 0 Å².